The molecule has 0 fully saturated rings. The van der Waals surface area contributed by atoms with Gasteiger partial charge >= 0.3 is 0 Å². The number of hydrogen-bond donors (Lipinski definition) is 0. The van der Waals surface area contributed by atoms with Gasteiger partial charge in [-0.2, -0.15) is 0 Å². The Morgan fingerprint density at radius 2 is 1.86 bits per heavy atom. The molecule has 3 nitrogen and oxygen atoms in total. The molecule has 1 unspecified atom stereocenters. The molecule has 0 aliphatic heterocycles. The fourth-order valence-corrected chi connectivity index (χ4v) is 4.04. The predicted octanol–water partition coefficient (Wildman–Crippen LogP) is -0.711. The number of hydrogen-bond acceptors (Lipinski definition) is 3. The van der Waals surface area contributed by atoms with Crippen molar-refractivity contribution in [2.45, 2.75) is 6.92 Å². The highest BCUT2D eigenvalue weighted by Crippen LogP contribution is 2.55. The molecule has 0 saturated heterocycles. The summed E-state index contributed by atoms with van der Waals surface area (Å²) in [5, 5.41) is 0. The van der Waals surface area contributed by atoms with Gasteiger partial charge in [0, 0.05) is 6.66 Å². The highest BCUT2D eigenvalue weighted by Gasteiger charge is 2.17. The van der Waals surface area contributed by atoms with Gasteiger partial charge in [0.15, 0.2) is 0 Å². The third-order valence-electron chi connectivity index (χ3n) is 1.45. The first-order valence-corrected chi connectivity index (χ1v) is 8.10. The number of rotatable bonds is 6. The zero-order valence-corrected chi connectivity index (χ0v) is 13.5. The van der Waals surface area contributed by atoms with Gasteiger partial charge < -0.3 is 33.0 Å². The van der Waals surface area contributed by atoms with Crippen molar-refractivity contribution >= 4 is 18.0 Å². The van der Waals surface area contributed by atoms with E-state index < -0.39 is 6.57 Å². The van der Waals surface area contributed by atoms with Crippen LogP contribution in [0.25, 0.3) is 0 Å². The first-order valence-electron chi connectivity index (χ1n) is 4.44. The number of halogens is 1. The summed E-state index contributed by atoms with van der Waals surface area (Å²) >= 11 is 1.45. The molecule has 0 aromatic rings. The molecule has 88 valence electrons. The molecule has 1 atom stereocenters. The second-order valence-electron chi connectivity index (χ2n) is 4.04. The summed E-state index contributed by atoms with van der Waals surface area (Å²) in [6.07, 6.45) is 0. The molecule has 0 spiro atoms. The summed E-state index contributed by atoms with van der Waals surface area (Å²) in [5.41, 5.74) is 0. The third kappa shape index (κ3) is 11.3. The van der Waals surface area contributed by atoms with E-state index in [2.05, 4.69) is 21.1 Å². The summed E-state index contributed by atoms with van der Waals surface area (Å²) in [5.74, 6) is 0.886. The second kappa shape index (κ2) is 7.49. The van der Waals surface area contributed by atoms with Gasteiger partial charge in [-0.05, 0) is 6.92 Å². The molecular formula is C8H21INO2PS. The Morgan fingerprint density at radius 3 is 2.21 bits per heavy atom. The summed E-state index contributed by atoms with van der Waals surface area (Å²) in [6, 6.07) is 0. The van der Waals surface area contributed by atoms with Gasteiger partial charge in [-0.15, -0.1) is 0 Å². The minimum absolute atomic E-state index is 0. The van der Waals surface area contributed by atoms with Crippen molar-refractivity contribution in [3.8, 4) is 0 Å². The minimum atomic E-state index is -2.37. The van der Waals surface area contributed by atoms with Crippen LogP contribution in [-0.4, -0.2) is 51.2 Å². The highest BCUT2D eigenvalue weighted by atomic mass is 127. The van der Waals surface area contributed by atoms with Crippen molar-refractivity contribution < 1.29 is 37.5 Å². The van der Waals surface area contributed by atoms with Crippen molar-refractivity contribution in [2.75, 3.05) is 46.7 Å². The van der Waals surface area contributed by atoms with Gasteiger partial charge in [0.2, 0.25) is 0 Å². The van der Waals surface area contributed by atoms with Crippen molar-refractivity contribution in [2.24, 2.45) is 0 Å². The maximum absolute atomic E-state index is 11.6. The summed E-state index contributed by atoms with van der Waals surface area (Å²) in [6.45, 7) is 2.73. The monoisotopic (exact) mass is 353 g/mol. The van der Waals surface area contributed by atoms with Crippen molar-refractivity contribution in [1.82, 2.24) is 0 Å². The first-order chi connectivity index (χ1) is 5.77. The molecule has 0 radical (unpaired) electrons. The number of nitrogens with zero attached hydrogens (tertiary/aromatic N) is 1. The molecule has 0 heterocycles. The van der Waals surface area contributed by atoms with Crippen molar-refractivity contribution in [3.05, 3.63) is 0 Å². The minimum Gasteiger partial charge on any atom is -1.00 e. The van der Waals surface area contributed by atoms with Crippen LogP contribution in [0.4, 0.5) is 0 Å². The van der Waals surface area contributed by atoms with Crippen molar-refractivity contribution in [3.63, 3.8) is 0 Å². The van der Waals surface area contributed by atoms with Crippen LogP contribution in [0.15, 0.2) is 0 Å². The fourth-order valence-electron chi connectivity index (χ4n) is 0.752. The molecule has 0 aliphatic rings. The average molecular weight is 353 g/mol. The standard InChI is InChI=1S/C8H21NO2PS.HI/c1-6-11-12(5,10)13-8-7-9(2,3)4;/h6-8H2,1-5H3;1H/q+1;/p-1. The van der Waals surface area contributed by atoms with E-state index in [0.717, 1.165) is 16.8 Å². The van der Waals surface area contributed by atoms with Crippen LogP contribution in [0.5, 0.6) is 0 Å². The molecule has 0 aromatic carbocycles. The molecule has 0 bridgehead atoms. The quantitative estimate of drug-likeness (QED) is 0.359. The molecule has 0 rings (SSSR count). The second-order valence-corrected chi connectivity index (χ2v) is 9.27. The molecule has 0 amide bonds. The van der Waals surface area contributed by atoms with Gasteiger partial charge in [0.05, 0.1) is 40.0 Å². The molecule has 0 N–H and O–H groups in total. The molecule has 6 heteroatoms. The molecule has 14 heavy (non-hydrogen) atoms. The van der Waals surface area contributed by atoms with E-state index in [0.29, 0.717) is 6.61 Å². The Kier molecular flexibility index (Phi) is 9.43. The molecule has 0 aromatic heterocycles. The van der Waals surface area contributed by atoms with E-state index in [4.69, 9.17) is 4.52 Å². The zero-order valence-electron chi connectivity index (χ0n) is 9.62. The lowest BCUT2D eigenvalue weighted by Gasteiger charge is -2.24. The highest BCUT2D eigenvalue weighted by molar-refractivity contribution is 8.56. The maximum atomic E-state index is 11.6. The Labute approximate surface area is 109 Å². The van der Waals surface area contributed by atoms with E-state index in [1.807, 2.05) is 6.92 Å². The van der Waals surface area contributed by atoms with Crippen LogP contribution in [0.2, 0.25) is 0 Å². The fraction of sp³-hybridized carbons (Fsp3) is 1.00. The lowest BCUT2D eigenvalue weighted by molar-refractivity contribution is -0.867. The van der Waals surface area contributed by atoms with E-state index in [1.54, 1.807) is 6.66 Å². The SMILES string of the molecule is CCOP(C)(=O)SCC[N+](C)(C)C.[I-]. The smallest absolute Gasteiger partial charge is 0.254 e. The van der Waals surface area contributed by atoms with Gasteiger partial charge in [-0.25, -0.2) is 0 Å². The molecule has 0 saturated carbocycles. The molecular weight excluding hydrogens is 332 g/mol. The van der Waals surface area contributed by atoms with E-state index >= 15 is 0 Å². The Bertz CT molecular complexity index is 196. The van der Waals surface area contributed by atoms with E-state index in [-0.39, 0.29) is 24.0 Å². The van der Waals surface area contributed by atoms with Gasteiger partial charge in [-0.1, -0.05) is 11.4 Å². The summed E-state index contributed by atoms with van der Waals surface area (Å²) in [7, 11) is 6.38. The van der Waals surface area contributed by atoms with Gasteiger partial charge in [0.25, 0.3) is 6.57 Å². The lowest BCUT2D eigenvalue weighted by atomic mass is 10.6. The van der Waals surface area contributed by atoms with Gasteiger partial charge in [0.1, 0.15) is 0 Å². The Balaban J connectivity index is 0. The molecule has 0 aliphatic carbocycles. The van der Waals surface area contributed by atoms with Crippen LogP contribution in [0.3, 0.4) is 0 Å². The van der Waals surface area contributed by atoms with Crippen LogP contribution in [0, 0.1) is 0 Å². The lowest BCUT2D eigenvalue weighted by Crippen LogP contribution is -3.00. The maximum Gasteiger partial charge on any atom is 0.254 e. The predicted molar refractivity (Wildman–Crippen MR) is 60.5 cm³/mol. The first kappa shape index (κ1) is 17.6. The van der Waals surface area contributed by atoms with E-state index in [1.165, 1.54) is 11.4 Å². The van der Waals surface area contributed by atoms with Crippen LogP contribution >= 0.6 is 18.0 Å². The third-order valence-corrected chi connectivity index (χ3v) is 5.28. The van der Waals surface area contributed by atoms with E-state index in [9.17, 15) is 4.57 Å². The summed E-state index contributed by atoms with van der Waals surface area (Å²) < 4.78 is 17.7. The Hall–Kier alpha value is 1.23. The van der Waals surface area contributed by atoms with Crippen LogP contribution in [-0.2, 0) is 9.09 Å². The van der Waals surface area contributed by atoms with Crippen LogP contribution < -0.4 is 24.0 Å². The zero-order chi connectivity index (χ0) is 10.5. The van der Waals surface area contributed by atoms with Crippen molar-refractivity contribution in [1.29, 1.82) is 0 Å². The summed E-state index contributed by atoms with van der Waals surface area (Å²) in [4.78, 5) is 0. The Morgan fingerprint density at radius 1 is 1.36 bits per heavy atom. The largest absolute Gasteiger partial charge is 1.00 e. The topological polar surface area (TPSA) is 26.3 Å². The van der Waals surface area contributed by atoms with Crippen LogP contribution in [0.1, 0.15) is 6.92 Å². The van der Waals surface area contributed by atoms with Gasteiger partial charge in [-0.3, -0.25) is 4.57 Å². The normalized spacial score (nSPS) is 15.8. The average Bonchev–Trinajstić information content (AvgIpc) is 1.82. The number of quaternary nitrogens is 1.